The maximum atomic E-state index is 11.8. The van der Waals surface area contributed by atoms with Crippen LogP contribution in [-0.2, 0) is 0 Å². The molecule has 5 nitrogen and oxygen atoms in total. The van der Waals surface area contributed by atoms with Crippen molar-refractivity contribution in [2.45, 2.75) is 18.9 Å². The molecule has 0 aliphatic carbocycles. The van der Waals surface area contributed by atoms with Crippen LogP contribution in [-0.4, -0.2) is 68.7 Å². The van der Waals surface area contributed by atoms with Gasteiger partial charge in [0.05, 0.1) is 6.04 Å². The minimum absolute atomic E-state index is 0.115. The number of nitrogens with zero attached hydrogens (tertiary/aromatic N) is 2. The second-order valence-corrected chi connectivity index (χ2v) is 5.25. The molecular weight excluding hydrogens is 216 g/mol. The third-order valence-electron chi connectivity index (χ3n) is 3.98. The highest BCUT2D eigenvalue weighted by molar-refractivity contribution is 5.76. The Hall–Kier alpha value is -0.810. The molecule has 2 amide bonds. The number of carbonyl (C=O) groups excluding carboxylic acids is 1. The van der Waals surface area contributed by atoms with Gasteiger partial charge in [-0.05, 0) is 45.9 Å². The summed E-state index contributed by atoms with van der Waals surface area (Å²) < 4.78 is 0. The molecule has 0 aromatic heterocycles. The molecule has 2 heterocycles. The molecule has 0 spiro atoms. The Morgan fingerprint density at radius 2 is 2.12 bits per heavy atom. The molecule has 0 radical (unpaired) electrons. The minimum atomic E-state index is 0.115. The predicted molar refractivity (Wildman–Crippen MR) is 68.0 cm³/mol. The van der Waals surface area contributed by atoms with Crippen LogP contribution in [0.5, 0.6) is 0 Å². The van der Waals surface area contributed by atoms with E-state index in [4.69, 9.17) is 0 Å². The van der Waals surface area contributed by atoms with Gasteiger partial charge in [-0.1, -0.05) is 0 Å². The Labute approximate surface area is 104 Å². The quantitative estimate of drug-likeness (QED) is 0.724. The lowest BCUT2D eigenvalue weighted by molar-refractivity contribution is 0.191. The topological polar surface area (TPSA) is 47.6 Å². The number of hydrogen-bond acceptors (Lipinski definition) is 3. The first-order valence-electron chi connectivity index (χ1n) is 6.59. The summed E-state index contributed by atoms with van der Waals surface area (Å²) in [5, 5.41) is 6.23. The van der Waals surface area contributed by atoms with Crippen molar-refractivity contribution in [3.63, 3.8) is 0 Å². The fourth-order valence-corrected chi connectivity index (χ4v) is 2.75. The van der Waals surface area contributed by atoms with E-state index in [1.807, 2.05) is 11.9 Å². The Morgan fingerprint density at radius 1 is 1.41 bits per heavy atom. The smallest absolute Gasteiger partial charge is 0.317 e. The van der Waals surface area contributed by atoms with Gasteiger partial charge in [0.2, 0.25) is 0 Å². The molecule has 2 rings (SSSR count). The molecule has 98 valence electrons. The average Bonchev–Trinajstić information content (AvgIpc) is 2.69. The van der Waals surface area contributed by atoms with Crippen LogP contribution in [0.3, 0.4) is 0 Å². The fraction of sp³-hybridized carbons (Fsp3) is 0.917. The zero-order valence-corrected chi connectivity index (χ0v) is 10.9. The van der Waals surface area contributed by atoms with E-state index in [9.17, 15) is 4.79 Å². The number of amides is 2. The van der Waals surface area contributed by atoms with Gasteiger partial charge in [0, 0.05) is 19.6 Å². The Morgan fingerprint density at radius 3 is 2.76 bits per heavy atom. The summed E-state index contributed by atoms with van der Waals surface area (Å²) in [5.74, 6) is 0.662. The van der Waals surface area contributed by atoms with Crippen LogP contribution >= 0.6 is 0 Å². The van der Waals surface area contributed by atoms with E-state index in [1.54, 1.807) is 0 Å². The molecule has 1 atom stereocenters. The third-order valence-corrected chi connectivity index (χ3v) is 3.98. The molecule has 17 heavy (non-hydrogen) atoms. The van der Waals surface area contributed by atoms with Crippen LogP contribution in [0, 0.1) is 5.92 Å². The zero-order chi connectivity index (χ0) is 12.3. The molecule has 0 saturated carbocycles. The molecule has 2 N–H and O–H groups in total. The van der Waals surface area contributed by atoms with Crippen LogP contribution < -0.4 is 10.6 Å². The van der Waals surface area contributed by atoms with Gasteiger partial charge in [-0.2, -0.15) is 0 Å². The molecule has 2 aliphatic rings. The Balaban J connectivity index is 1.81. The fourth-order valence-electron chi connectivity index (χ4n) is 2.75. The maximum Gasteiger partial charge on any atom is 0.317 e. The van der Waals surface area contributed by atoms with Gasteiger partial charge in [0.25, 0.3) is 0 Å². The van der Waals surface area contributed by atoms with Crippen molar-refractivity contribution in [2.75, 3.05) is 46.8 Å². The molecular formula is C12H24N4O. The van der Waals surface area contributed by atoms with Crippen molar-refractivity contribution >= 4 is 6.03 Å². The average molecular weight is 240 g/mol. The normalized spacial score (nSPS) is 27.5. The summed E-state index contributed by atoms with van der Waals surface area (Å²) in [7, 11) is 4.09. The second-order valence-electron chi connectivity index (χ2n) is 5.25. The van der Waals surface area contributed by atoms with Gasteiger partial charge in [0.1, 0.15) is 0 Å². The van der Waals surface area contributed by atoms with Gasteiger partial charge in [-0.15, -0.1) is 0 Å². The van der Waals surface area contributed by atoms with Gasteiger partial charge in [0.15, 0.2) is 0 Å². The van der Waals surface area contributed by atoms with Gasteiger partial charge in [-0.25, -0.2) is 4.79 Å². The Kier molecular flexibility index (Phi) is 4.23. The van der Waals surface area contributed by atoms with Crippen molar-refractivity contribution in [3.8, 4) is 0 Å². The van der Waals surface area contributed by atoms with E-state index in [2.05, 4.69) is 22.6 Å². The van der Waals surface area contributed by atoms with E-state index in [-0.39, 0.29) is 6.03 Å². The monoisotopic (exact) mass is 240 g/mol. The summed E-state index contributed by atoms with van der Waals surface area (Å²) in [6.45, 7) is 4.88. The van der Waals surface area contributed by atoms with Crippen LogP contribution in [0.1, 0.15) is 12.8 Å². The Bertz CT molecular complexity index is 263. The lowest BCUT2D eigenvalue weighted by Gasteiger charge is -2.32. The summed E-state index contributed by atoms with van der Waals surface area (Å²) in [4.78, 5) is 16.1. The highest BCUT2D eigenvalue weighted by atomic mass is 16.2. The van der Waals surface area contributed by atoms with Gasteiger partial charge < -0.3 is 20.4 Å². The lowest BCUT2D eigenvalue weighted by Crippen LogP contribution is -2.41. The van der Waals surface area contributed by atoms with E-state index in [0.29, 0.717) is 12.0 Å². The number of likely N-dealkylation sites (N-methyl/N-ethyl adjacent to an activating group) is 1. The van der Waals surface area contributed by atoms with Crippen molar-refractivity contribution < 1.29 is 4.79 Å². The van der Waals surface area contributed by atoms with Crippen LogP contribution in [0.25, 0.3) is 0 Å². The zero-order valence-electron chi connectivity index (χ0n) is 10.9. The van der Waals surface area contributed by atoms with Crippen molar-refractivity contribution in [3.05, 3.63) is 0 Å². The SMILES string of the molecule is CNCCN1CC(C2CCN(C)CC2)NC1=O. The molecule has 0 aromatic carbocycles. The first kappa shape index (κ1) is 12.6. The lowest BCUT2D eigenvalue weighted by atomic mass is 9.90. The van der Waals surface area contributed by atoms with E-state index in [0.717, 1.165) is 32.7 Å². The molecule has 0 bridgehead atoms. The van der Waals surface area contributed by atoms with Gasteiger partial charge in [-0.3, -0.25) is 0 Å². The molecule has 1 unspecified atom stereocenters. The van der Waals surface area contributed by atoms with Crippen molar-refractivity contribution in [1.82, 2.24) is 20.4 Å². The first-order chi connectivity index (χ1) is 8.20. The summed E-state index contributed by atoms with van der Waals surface area (Å²) >= 11 is 0. The number of urea groups is 1. The number of hydrogen-bond donors (Lipinski definition) is 2. The number of rotatable bonds is 4. The molecule has 0 aromatic rings. The highest BCUT2D eigenvalue weighted by Crippen LogP contribution is 2.23. The third kappa shape index (κ3) is 3.10. The van der Waals surface area contributed by atoms with E-state index < -0.39 is 0 Å². The second kappa shape index (κ2) is 5.69. The van der Waals surface area contributed by atoms with Crippen LogP contribution in [0.4, 0.5) is 4.79 Å². The van der Waals surface area contributed by atoms with Crippen LogP contribution in [0.15, 0.2) is 0 Å². The highest BCUT2D eigenvalue weighted by Gasteiger charge is 2.34. The first-order valence-corrected chi connectivity index (χ1v) is 6.59. The summed E-state index contributed by atoms with van der Waals surface area (Å²) in [6.07, 6.45) is 2.42. The van der Waals surface area contributed by atoms with E-state index in [1.165, 1.54) is 12.8 Å². The maximum absolute atomic E-state index is 11.8. The molecule has 2 saturated heterocycles. The standard InChI is InChI=1S/C12H24N4O/c1-13-5-8-16-9-11(14-12(16)17)10-3-6-15(2)7-4-10/h10-11,13H,3-9H2,1-2H3,(H,14,17). The predicted octanol–water partition coefficient (Wildman–Crippen LogP) is -0.0586. The van der Waals surface area contributed by atoms with Gasteiger partial charge >= 0.3 is 6.03 Å². The van der Waals surface area contributed by atoms with Crippen molar-refractivity contribution in [1.29, 1.82) is 0 Å². The number of likely N-dealkylation sites (tertiary alicyclic amines) is 1. The summed E-state index contributed by atoms with van der Waals surface area (Å²) in [5.41, 5.74) is 0. The molecule has 2 aliphatic heterocycles. The largest absolute Gasteiger partial charge is 0.333 e. The number of nitrogens with one attached hydrogen (secondary N) is 2. The number of carbonyl (C=O) groups is 1. The van der Waals surface area contributed by atoms with Crippen LogP contribution in [0.2, 0.25) is 0 Å². The van der Waals surface area contributed by atoms with Crippen molar-refractivity contribution in [2.24, 2.45) is 5.92 Å². The summed E-state index contributed by atoms with van der Waals surface area (Å²) in [6, 6.07) is 0.484. The molecule has 5 heteroatoms. The minimum Gasteiger partial charge on any atom is -0.333 e. The molecule has 2 fully saturated rings. The van der Waals surface area contributed by atoms with E-state index >= 15 is 0 Å². The number of piperidine rings is 1.